The number of aliphatic hydroxyl groups excluding tert-OH is 2. The van der Waals surface area contributed by atoms with E-state index in [-0.39, 0.29) is 55.8 Å². The molecule has 12 atom stereocenters. The first-order chi connectivity index (χ1) is 41.2. The number of allylic oxidation sites excluding steroid dienone is 2. The van der Waals surface area contributed by atoms with Gasteiger partial charge in [-0.15, -0.1) is 0 Å². The standard InChI is InChI=1S/C64H115N11O14/c1-24-26-27-42(15)53(78)52-57(82)66-44(25-2)59(83)69(17)35-49(77)70(18)46(32-37(5)6)56(81)67-50(40(11)12)62(86)71(19)45(29-28-36(3)4)55(80)65-43(16)54(79)68-58(89-31-30-76)64(88)73(21)47(33-38(7)8)60(84)72(20)48(34-39(9)10)61(85)74(22)51(41(13)14)63(87)75(52)23/h24,26,36-48,50-53,58,76,78H,25,27-35H2,1-23H3,(H,65,80)(H,66,82)(H,67,81)(H,68,79)/b26-24+/t42-,43+,44+,45+,46+,47+,48+,50+,51+,52?,53-,58-/m1/s1. The van der Waals surface area contributed by atoms with E-state index >= 15 is 14.4 Å². The highest BCUT2D eigenvalue weighted by Crippen LogP contribution is 2.26. The number of likely N-dealkylation sites (N-methyl/N-ethyl adjacent to an activating group) is 7. The number of rotatable bonds is 19. The van der Waals surface area contributed by atoms with Crippen LogP contribution in [0.5, 0.6) is 0 Å². The first-order valence-electron chi connectivity index (χ1n) is 31.8. The van der Waals surface area contributed by atoms with Crippen LogP contribution in [0.2, 0.25) is 0 Å². The van der Waals surface area contributed by atoms with Crippen LogP contribution in [-0.2, 0) is 57.5 Å². The van der Waals surface area contributed by atoms with Crippen molar-refractivity contribution in [2.24, 2.45) is 41.4 Å². The van der Waals surface area contributed by atoms with E-state index in [4.69, 9.17) is 4.74 Å². The maximum atomic E-state index is 15.2. The van der Waals surface area contributed by atoms with Crippen LogP contribution in [-0.4, -0.2) is 245 Å². The molecule has 1 heterocycles. The summed E-state index contributed by atoms with van der Waals surface area (Å²) in [6.07, 6.45) is 1.43. The topological polar surface area (TPSA) is 308 Å². The predicted molar refractivity (Wildman–Crippen MR) is 340 cm³/mol. The number of nitrogens with zero attached hydrogens (tertiary/aromatic N) is 7. The summed E-state index contributed by atoms with van der Waals surface area (Å²) >= 11 is 0. The summed E-state index contributed by atoms with van der Waals surface area (Å²) in [5.74, 6) is -10.5. The van der Waals surface area contributed by atoms with Crippen LogP contribution in [0.15, 0.2) is 12.2 Å². The highest BCUT2D eigenvalue weighted by Gasteiger charge is 2.46. The fourth-order valence-electron chi connectivity index (χ4n) is 10.9. The molecule has 0 aromatic carbocycles. The largest absolute Gasteiger partial charge is 0.394 e. The van der Waals surface area contributed by atoms with Gasteiger partial charge in [-0.1, -0.05) is 109 Å². The van der Waals surface area contributed by atoms with Crippen LogP contribution in [0.25, 0.3) is 0 Å². The molecule has 1 fully saturated rings. The van der Waals surface area contributed by atoms with Gasteiger partial charge in [-0.25, -0.2) is 0 Å². The van der Waals surface area contributed by atoms with Crippen LogP contribution in [0.3, 0.4) is 0 Å². The molecule has 1 rings (SSSR count). The van der Waals surface area contributed by atoms with Gasteiger partial charge in [0.15, 0.2) is 0 Å². The summed E-state index contributed by atoms with van der Waals surface area (Å²) in [5.41, 5.74) is 0. The molecular formula is C64H115N11O14. The first-order valence-corrected chi connectivity index (χ1v) is 31.8. The number of hydrogen-bond acceptors (Lipinski definition) is 14. The molecule has 0 spiro atoms. The van der Waals surface area contributed by atoms with E-state index in [2.05, 4.69) is 21.3 Å². The number of ether oxygens (including phenoxy) is 1. The molecule has 1 saturated heterocycles. The lowest BCUT2D eigenvalue weighted by atomic mass is 9.91. The molecule has 25 nitrogen and oxygen atoms in total. The van der Waals surface area contributed by atoms with Crippen molar-refractivity contribution in [3.05, 3.63) is 12.2 Å². The Morgan fingerprint density at radius 1 is 0.528 bits per heavy atom. The Balaban J connectivity index is 4.43. The minimum Gasteiger partial charge on any atom is -0.394 e. The maximum Gasteiger partial charge on any atom is 0.273 e. The normalized spacial score (nSPS) is 26.2. The molecule has 0 aliphatic carbocycles. The van der Waals surface area contributed by atoms with Crippen molar-refractivity contribution in [2.75, 3.05) is 69.1 Å². The summed E-state index contributed by atoms with van der Waals surface area (Å²) in [6, 6.07) is -11.7. The highest BCUT2D eigenvalue weighted by atomic mass is 16.5. The Morgan fingerprint density at radius 2 is 1.01 bits per heavy atom. The van der Waals surface area contributed by atoms with Crippen molar-refractivity contribution in [2.45, 2.75) is 222 Å². The van der Waals surface area contributed by atoms with Gasteiger partial charge in [-0.05, 0) is 100 Å². The lowest BCUT2D eigenvalue weighted by Crippen LogP contribution is -2.63. The number of carbonyl (C=O) groups is 11. The second kappa shape index (κ2) is 37.8. The van der Waals surface area contributed by atoms with Crippen molar-refractivity contribution in [1.82, 2.24) is 55.6 Å². The monoisotopic (exact) mass is 1260 g/mol. The van der Waals surface area contributed by atoms with E-state index in [0.29, 0.717) is 12.8 Å². The van der Waals surface area contributed by atoms with Crippen molar-refractivity contribution in [3.8, 4) is 0 Å². The second-order valence-corrected chi connectivity index (χ2v) is 26.7. The summed E-state index contributed by atoms with van der Waals surface area (Å²) < 4.78 is 5.73. The number of amides is 11. The van der Waals surface area contributed by atoms with E-state index in [9.17, 15) is 48.6 Å². The maximum absolute atomic E-state index is 15.2. The molecule has 1 aliphatic rings. The van der Waals surface area contributed by atoms with Crippen LogP contribution in [0, 0.1) is 41.4 Å². The number of carbonyl (C=O) groups excluding carboxylic acids is 11. The number of aliphatic hydroxyl groups is 2. The van der Waals surface area contributed by atoms with Gasteiger partial charge in [-0.2, -0.15) is 0 Å². The van der Waals surface area contributed by atoms with Crippen molar-refractivity contribution in [1.29, 1.82) is 0 Å². The van der Waals surface area contributed by atoms with Gasteiger partial charge in [0.25, 0.3) is 5.91 Å². The average Bonchev–Trinajstić information content (AvgIpc) is 1.19. The fourth-order valence-corrected chi connectivity index (χ4v) is 10.9. The minimum atomic E-state index is -1.81. The highest BCUT2D eigenvalue weighted by molar-refractivity contribution is 5.99. The van der Waals surface area contributed by atoms with E-state index < -0.39 is 169 Å². The quantitative estimate of drug-likeness (QED) is 0.101. The van der Waals surface area contributed by atoms with Crippen LogP contribution in [0.4, 0.5) is 0 Å². The summed E-state index contributed by atoms with van der Waals surface area (Å²) in [6.45, 7) is 26.7. The molecule has 89 heavy (non-hydrogen) atoms. The fraction of sp³-hybridized carbons (Fsp3) is 0.797. The molecular weight excluding hydrogens is 1150 g/mol. The number of hydrogen-bond donors (Lipinski definition) is 6. The Labute approximate surface area is 531 Å². The van der Waals surface area contributed by atoms with Gasteiger partial charge in [0.05, 0.1) is 25.9 Å². The van der Waals surface area contributed by atoms with Crippen LogP contribution in [0.1, 0.15) is 156 Å². The third-order valence-corrected chi connectivity index (χ3v) is 16.5. The van der Waals surface area contributed by atoms with E-state index in [1.54, 1.807) is 60.6 Å². The van der Waals surface area contributed by atoms with E-state index in [0.717, 1.165) is 14.7 Å². The van der Waals surface area contributed by atoms with Crippen LogP contribution < -0.4 is 21.3 Å². The van der Waals surface area contributed by atoms with Gasteiger partial charge in [-0.3, -0.25) is 52.7 Å². The molecule has 1 unspecified atom stereocenters. The molecule has 1 aliphatic heterocycles. The first kappa shape index (κ1) is 80.8. The molecule has 0 bridgehead atoms. The van der Waals surface area contributed by atoms with Crippen molar-refractivity contribution in [3.63, 3.8) is 0 Å². The van der Waals surface area contributed by atoms with E-state index in [1.807, 2.05) is 55.4 Å². The molecule has 6 N–H and O–H groups in total. The molecule has 25 heteroatoms. The SMILES string of the molecule is C/C=C/C[C@@H](C)[C@@H](O)C1C(=O)N[C@@H](CC)C(=O)N(C)CC(=O)N(C)[C@@H](CC(C)C)C(=O)N[C@@H](C(C)C)C(=O)N(C)[C@@H](CCC(C)C)C(=O)N[C@@H](C)C(=O)N[C@H](OCCO)C(=O)N(C)[C@@H](CC(C)C)C(=O)N(C)[C@@H](CC(C)C)C(=O)N(C)[C@@H](C(C)C)C(=O)N1C. The third-order valence-electron chi connectivity index (χ3n) is 16.5. The summed E-state index contributed by atoms with van der Waals surface area (Å²) in [5, 5.41) is 32.8. The smallest absolute Gasteiger partial charge is 0.273 e. The molecule has 11 amide bonds. The predicted octanol–water partition coefficient (Wildman–Crippen LogP) is 2.61. The van der Waals surface area contributed by atoms with Gasteiger partial charge in [0.1, 0.15) is 54.4 Å². The Morgan fingerprint density at radius 3 is 1.48 bits per heavy atom. The van der Waals surface area contributed by atoms with Crippen LogP contribution >= 0.6 is 0 Å². The molecule has 510 valence electrons. The lowest BCUT2D eigenvalue weighted by molar-refractivity contribution is -0.160. The number of nitrogens with one attached hydrogen (secondary N) is 4. The van der Waals surface area contributed by atoms with Gasteiger partial charge in [0.2, 0.25) is 65.3 Å². The zero-order valence-electron chi connectivity index (χ0n) is 58.0. The summed E-state index contributed by atoms with van der Waals surface area (Å²) in [7, 11) is 9.70. The zero-order valence-corrected chi connectivity index (χ0v) is 58.0. The zero-order chi connectivity index (χ0) is 68.8. The molecule has 0 aromatic heterocycles. The summed E-state index contributed by atoms with van der Waals surface area (Å²) in [4.78, 5) is 170. The lowest BCUT2D eigenvalue weighted by Gasteiger charge is -2.41. The third kappa shape index (κ3) is 23.5. The molecule has 0 saturated carbocycles. The minimum absolute atomic E-state index is 0.00834. The van der Waals surface area contributed by atoms with Gasteiger partial charge in [0, 0.05) is 49.3 Å². The van der Waals surface area contributed by atoms with Crippen molar-refractivity contribution < 1.29 is 67.7 Å². The molecule has 0 radical (unpaired) electrons. The van der Waals surface area contributed by atoms with E-state index in [1.165, 1.54) is 75.9 Å². The Bertz CT molecular complexity index is 2400. The average molecular weight is 1260 g/mol. The van der Waals surface area contributed by atoms with Crippen molar-refractivity contribution >= 4 is 65.0 Å². The van der Waals surface area contributed by atoms with Gasteiger partial charge < -0.3 is 70.5 Å². The van der Waals surface area contributed by atoms with Gasteiger partial charge >= 0.3 is 0 Å². The molecule has 0 aromatic rings. The Kier molecular flexibility index (Phi) is 34.3. The Hall–Kier alpha value is -6.21. The second-order valence-electron chi connectivity index (χ2n) is 26.7.